The monoisotopic (exact) mass is 351 g/mol. The number of nitrogens with zero attached hydrogens (tertiary/aromatic N) is 3. The third kappa shape index (κ3) is 2.20. The van der Waals surface area contributed by atoms with Gasteiger partial charge in [-0.25, -0.2) is 4.98 Å². The predicted molar refractivity (Wildman–Crippen MR) is 91.8 cm³/mol. The topological polar surface area (TPSA) is 30.2 Å². The number of benzene rings is 2. The van der Waals surface area contributed by atoms with Crippen molar-refractivity contribution in [2.45, 2.75) is 13.5 Å². The van der Waals surface area contributed by atoms with E-state index in [1.807, 2.05) is 25.1 Å². The number of imidazole rings is 1. The first-order valence-electron chi connectivity index (χ1n) is 7.17. The Bertz CT molecular complexity index is 879. The van der Waals surface area contributed by atoms with Crippen molar-refractivity contribution >= 4 is 21.6 Å². The van der Waals surface area contributed by atoms with Crippen molar-refractivity contribution < 1.29 is 0 Å². The third-order valence-corrected chi connectivity index (χ3v) is 4.29. The molecule has 0 radical (unpaired) electrons. The minimum absolute atomic E-state index is 0.588. The molecule has 22 heavy (non-hydrogen) atoms. The van der Waals surface area contributed by atoms with Crippen LogP contribution in [0.25, 0.3) is 5.69 Å². The van der Waals surface area contributed by atoms with E-state index in [-0.39, 0.29) is 0 Å². The average molecular weight is 352 g/mol. The fourth-order valence-corrected chi connectivity index (χ4v) is 3.21. The lowest BCUT2D eigenvalue weighted by atomic mass is 10.0. The van der Waals surface area contributed by atoms with E-state index >= 15 is 0 Å². The van der Waals surface area contributed by atoms with Crippen molar-refractivity contribution in [1.29, 1.82) is 0 Å². The highest BCUT2D eigenvalue weighted by Gasteiger charge is 2.19. The Morgan fingerprint density at radius 2 is 1.91 bits per heavy atom. The maximum Gasteiger partial charge on any atom is 0.135 e. The van der Waals surface area contributed by atoms with Gasteiger partial charge in [-0.2, -0.15) is 0 Å². The van der Waals surface area contributed by atoms with E-state index in [1.54, 1.807) is 0 Å². The fraction of sp³-hybridized carbons (Fsp3) is 0.111. The van der Waals surface area contributed by atoms with Gasteiger partial charge in [0.15, 0.2) is 0 Å². The number of halogens is 1. The van der Waals surface area contributed by atoms with Gasteiger partial charge in [-0.05, 0) is 25.1 Å². The Balaban J connectivity index is 1.99. The molecule has 4 rings (SSSR count). The Kier molecular flexibility index (Phi) is 3.19. The Morgan fingerprint density at radius 1 is 1.09 bits per heavy atom. The Hall–Kier alpha value is -2.20. The van der Waals surface area contributed by atoms with E-state index in [4.69, 9.17) is 4.99 Å². The maximum absolute atomic E-state index is 4.84. The minimum atomic E-state index is 0.588. The second-order valence-corrected chi connectivity index (χ2v) is 6.28. The zero-order valence-electron chi connectivity index (χ0n) is 12.1. The summed E-state index contributed by atoms with van der Waals surface area (Å²) in [6, 6.07) is 16.6. The summed E-state index contributed by atoms with van der Waals surface area (Å²) in [6.45, 7) is 2.60. The maximum atomic E-state index is 4.84. The summed E-state index contributed by atoms with van der Waals surface area (Å²) in [5.41, 5.74) is 5.40. The summed E-state index contributed by atoms with van der Waals surface area (Å²) < 4.78 is 3.20. The average Bonchev–Trinajstić information content (AvgIpc) is 2.83. The van der Waals surface area contributed by atoms with Crippen LogP contribution < -0.4 is 0 Å². The number of fused-ring (bicyclic) bond motifs is 3. The Morgan fingerprint density at radius 3 is 2.73 bits per heavy atom. The quantitative estimate of drug-likeness (QED) is 0.642. The molecule has 0 spiro atoms. The Labute approximate surface area is 137 Å². The molecule has 2 heterocycles. The molecule has 4 heteroatoms. The first kappa shape index (κ1) is 13.5. The number of hydrogen-bond acceptors (Lipinski definition) is 2. The molecule has 0 bridgehead atoms. The highest BCUT2D eigenvalue weighted by Crippen LogP contribution is 2.27. The summed E-state index contributed by atoms with van der Waals surface area (Å²) in [7, 11) is 0. The number of aromatic nitrogens is 2. The molecule has 0 N–H and O–H groups in total. The molecule has 0 atom stereocenters. The standard InChI is InChI=1S/C18H14BrN3/c1-12-11-22-16-8-7-14(19)9-15(16)18(20-10-17(22)21-12)13-5-3-2-4-6-13/h2-9,11H,10H2,1H3. The summed E-state index contributed by atoms with van der Waals surface area (Å²) in [4.78, 5) is 9.45. The first-order chi connectivity index (χ1) is 10.7. The SMILES string of the molecule is Cc1cn2c(n1)CN=C(c1ccccc1)c1cc(Br)ccc1-2. The van der Waals surface area contributed by atoms with Gasteiger partial charge in [0.25, 0.3) is 0 Å². The van der Waals surface area contributed by atoms with E-state index in [0.29, 0.717) is 6.54 Å². The largest absolute Gasteiger partial charge is 0.301 e. The van der Waals surface area contributed by atoms with Gasteiger partial charge in [-0.3, -0.25) is 4.99 Å². The van der Waals surface area contributed by atoms with Gasteiger partial charge in [0.05, 0.1) is 23.6 Å². The van der Waals surface area contributed by atoms with E-state index in [9.17, 15) is 0 Å². The highest BCUT2D eigenvalue weighted by molar-refractivity contribution is 9.10. The minimum Gasteiger partial charge on any atom is -0.301 e. The molecule has 3 aromatic rings. The van der Waals surface area contributed by atoms with E-state index < -0.39 is 0 Å². The van der Waals surface area contributed by atoms with Crippen molar-refractivity contribution in [3.05, 3.63) is 81.8 Å². The first-order valence-corrected chi connectivity index (χ1v) is 7.97. The van der Waals surface area contributed by atoms with Crippen LogP contribution in [-0.4, -0.2) is 15.3 Å². The molecule has 0 saturated carbocycles. The second-order valence-electron chi connectivity index (χ2n) is 5.36. The third-order valence-electron chi connectivity index (χ3n) is 3.80. The lowest BCUT2D eigenvalue weighted by Crippen LogP contribution is -2.06. The van der Waals surface area contributed by atoms with Crippen LogP contribution in [0.15, 0.2) is 64.2 Å². The second kappa shape index (κ2) is 5.21. The fourth-order valence-electron chi connectivity index (χ4n) is 2.85. The van der Waals surface area contributed by atoms with E-state index in [1.165, 1.54) is 0 Å². The van der Waals surface area contributed by atoms with Crippen LogP contribution in [0.4, 0.5) is 0 Å². The molecule has 0 amide bonds. The smallest absolute Gasteiger partial charge is 0.135 e. The number of rotatable bonds is 1. The molecule has 1 aliphatic heterocycles. The number of hydrogen-bond donors (Lipinski definition) is 0. The summed E-state index contributed by atoms with van der Waals surface area (Å²) in [5, 5.41) is 0. The van der Waals surface area contributed by atoms with Crippen LogP contribution in [0.2, 0.25) is 0 Å². The van der Waals surface area contributed by atoms with Crippen molar-refractivity contribution in [2.75, 3.05) is 0 Å². The predicted octanol–water partition coefficient (Wildman–Crippen LogP) is 4.29. The van der Waals surface area contributed by atoms with Crippen molar-refractivity contribution in [1.82, 2.24) is 9.55 Å². The number of aryl methyl sites for hydroxylation is 1. The van der Waals surface area contributed by atoms with Crippen molar-refractivity contribution in [2.24, 2.45) is 4.99 Å². The molecule has 0 saturated heterocycles. The van der Waals surface area contributed by atoms with Crippen LogP contribution in [-0.2, 0) is 6.54 Å². The van der Waals surface area contributed by atoms with Gasteiger partial charge in [-0.1, -0.05) is 46.3 Å². The van der Waals surface area contributed by atoms with Gasteiger partial charge in [0, 0.05) is 21.8 Å². The lowest BCUT2D eigenvalue weighted by molar-refractivity contribution is 0.878. The summed E-state index contributed by atoms with van der Waals surface area (Å²) in [5.74, 6) is 0.979. The zero-order valence-corrected chi connectivity index (χ0v) is 13.7. The van der Waals surface area contributed by atoms with Crippen molar-refractivity contribution in [3.63, 3.8) is 0 Å². The van der Waals surface area contributed by atoms with Crippen LogP contribution in [0, 0.1) is 6.92 Å². The van der Waals surface area contributed by atoms with Gasteiger partial charge in [0.2, 0.25) is 0 Å². The van der Waals surface area contributed by atoms with Gasteiger partial charge >= 0.3 is 0 Å². The molecule has 2 aromatic carbocycles. The van der Waals surface area contributed by atoms with E-state index in [2.05, 4.69) is 62.0 Å². The summed E-state index contributed by atoms with van der Waals surface area (Å²) in [6.07, 6.45) is 2.07. The van der Waals surface area contributed by atoms with Crippen LogP contribution in [0.3, 0.4) is 0 Å². The van der Waals surface area contributed by atoms with Crippen LogP contribution in [0.1, 0.15) is 22.6 Å². The molecule has 108 valence electrons. The molecular weight excluding hydrogens is 338 g/mol. The van der Waals surface area contributed by atoms with E-state index in [0.717, 1.165) is 38.5 Å². The van der Waals surface area contributed by atoms with Gasteiger partial charge in [-0.15, -0.1) is 0 Å². The van der Waals surface area contributed by atoms with Crippen molar-refractivity contribution in [3.8, 4) is 5.69 Å². The number of aliphatic imine (C=N–C) groups is 1. The molecule has 1 aromatic heterocycles. The zero-order chi connectivity index (χ0) is 15.1. The van der Waals surface area contributed by atoms with Crippen LogP contribution in [0.5, 0.6) is 0 Å². The molecule has 0 aliphatic carbocycles. The normalized spacial score (nSPS) is 13.1. The van der Waals surface area contributed by atoms with Gasteiger partial charge < -0.3 is 4.57 Å². The molecule has 1 aliphatic rings. The molecule has 3 nitrogen and oxygen atoms in total. The molecular formula is C18H14BrN3. The van der Waals surface area contributed by atoms with Gasteiger partial charge in [0.1, 0.15) is 5.82 Å². The van der Waals surface area contributed by atoms with Crippen LogP contribution >= 0.6 is 15.9 Å². The molecule has 0 unspecified atom stereocenters. The summed E-state index contributed by atoms with van der Waals surface area (Å²) >= 11 is 3.58. The lowest BCUT2D eigenvalue weighted by Gasteiger charge is -2.12. The molecule has 0 fully saturated rings. The highest BCUT2D eigenvalue weighted by atomic mass is 79.9.